The van der Waals surface area contributed by atoms with Gasteiger partial charge in [0.05, 0.1) is 0 Å². The molecular weight excluding hydrogens is 192 g/mol. The number of nitrogens with zero attached hydrogens (tertiary/aromatic N) is 3. The molecule has 0 aliphatic carbocycles. The van der Waals surface area contributed by atoms with Crippen molar-refractivity contribution < 1.29 is 4.79 Å². The molecule has 0 spiro atoms. The van der Waals surface area contributed by atoms with Crippen molar-refractivity contribution in [3.63, 3.8) is 0 Å². The Morgan fingerprint density at radius 3 is 2.60 bits per heavy atom. The minimum Gasteiger partial charge on any atom is -0.336 e. The lowest BCUT2D eigenvalue weighted by Gasteiger charge is -2.11. The number of H-pyrrole nitrogens is 1. The van der Waals surface area contributed by atoms with E-state index in [2.05, 4.69) is 15.2 Å². The molecule has 5 nitrogen and oxygen atoms in total. The first kappa shape index (κ1) is 10.1. The van der Waals surface area contributed by atoms with Crippen molar-refractivity contribution in [1.29, 1.82) is 0 Å². The van der Waals surface area contributed by atoms with Crippen molar-refractivity contribution in [2.24, 2.45) is 0 Å². The third kappa shape index (κ3) is 2.00. The van der Waals surface area contributed by atoms with Gasteiger partial charge < -0.3 is 4.90 Å². The summed E-state index contributed by atoms with van der Waals surface area (Å²) < 4.78 is 0. The summed E-state index contributed by atoms with van der Waals surface area (Å²) >= 11 is 0. The minimum absolute atomic E-state index is 0.0457. The highest BCUT2D eigenvalue weighted by molar-refractivity contribution is 5.90. The molecule has 82 valence electrons. The number of carbonyl (C=O) groups excluding carboxylic acids is 1. The zero-order chi connectivity index (χ0) is 10.8. The molecule has 0 atom stereocenters. The van der Waals surface area contributed by atoms with Crippen molar-refractivity contribution in [3.05, 3.63) is 11.6 Å². The predicted molar refractivity (Wildman–Crippen MR) is 55.6 cm³/mol. The van der Waals surface area contributed by atoms with Crippen molar-refractivity contribution in [2.75, 3.05) is 13.1 Å². The van der Waals surface area contributed by atoms with Crippen LogP contribution in [0.2, 0.25) is 0 Å². The molecule has 0 unspecified atom stereocenters. The minimum atomic E-state index is -0.0457. The first-order valence-electron chi connectivity index (χ1n) is 5.40. The maximum atomic E-state index is 11.9. The van der Waals surface area contributed by atoms with Gasteiger partial charge in [-0.05, 0) is 12.8 Å². The fourth-order valence-electron chi connectivity index (χ4n) is 1.69. The van der Waals surface area contributed by atoms with Gasteiger partial charge in [-0.3, -0.25) is 9.89 Å². The molecule has 2 heterocycles. The second-order valence-electron chi connectivity index (χ2n) is 4.20. The molecule has 1 fully saturated rings. The Balaban J connectivity index is 2.11. The number of hydrogen-bond acceptors (Lipinski definition) is 3. The third-order valence-corrected chi connectivity index (χ3v) is 2.63. The van der Waals surface area contributed by atoms with Gasteiger partial charge in [-0.25, -0.2) is 4.98 Å². The fourth-order valence-corrected chi connectivity index (χ4v) is 1.69. The topological polar surface area (TPSA) is 61.9 Å². The van der Waals surface area contributed by atoms with E-state index in [4.69, 9.17) is 0 Å². The van der Waals surface area contributed by atoms with Gasteiger partial charge in [0.1, 0.15) is 5.82 Å². The van der Waals surface area contributed by atoms with Gasteiger partial charge in [0, 0.05) is 19.0 Å². The number of carbonyl (C=O) groups is 1. The Labute approximate surface area is 88.9 Å². The molecule has 0 aromatic carbocycles. The highest BCUT2D eigenvalue weighted by Gasteiger charge is 2.23. The lowest BCUT2D eigenvalue weighted by molar-refractivity contribution is 0.0781. The predicted octanol–water partition coefficient (Wildman–Crippen LogP) is 1.16. The summed E-state index contributed by atoms with van der Waals surface area (Å²) in [6.45, 7) is 5.71. The van der Waals surface area contributed by atoms with Gasteiger partial charge in [-0.2, -0.15) is 0 Å². The van der Waals surface area contributed by atoms with Crippen LogP contribution in [0, 0.1) is 0 Å². The fraction of sp³-hybridized carbons (Fsp3) is 0.700. The van der Waals surface area contributed by atoms with Crippen LogP contribution in [0.5, 0.6) is 0 Å². The number of likely N-dealkylation sites (tertiary alicyclic amines) is 1. The quantitative estimate of drug-likeness (QED) is 0.793. The second kappa shape index (κ2) is 4.00. The van der Waals surface area contributed by atoms with E-state index in [0.29, 0.717) is 5.82 Å². The van der Waals surface area contributed by atoms with Crippen LogP contribution in [0.3, 0.4) is 0 Å². The van der Waals surface area contributed by atoms with Crippen LogP contribution in [-0.2, 0) is 0 Å². The summed E-state index contributed by atoms with van der Waals surface area (Å²) in [4.78, 5) is 17.9. The molecule has 5 heteroatoms. The van der Waals surface area contributed by atoms with Crippen molar-refractivity contribution in [1.82, 2.24) is 20.1 Å². The molecule has 0 saturated carbocycles. The summed E-state index contributed by atoms with van der Waals surface area (Å²) in [5.74, 6) is 1.31. The maximum absolute atomic E-state index is 11.9. The molecule has 2 rings (SSSR count). The SMILES string of the molecule is CC(C)c1nc(C(=O)N2CCCC2)n[nH]1. The zero-order valence-corrected chi connectivity index (χ0v) is 9.16. The maximum Gasteiger partial charge on any atom is 0.293 e. The molecule has 0 radical (unpaired) electrons. The highest BCUT2D eigenvalue weighted by atomic mass is 16.2. The van der Waals surface area contributed by atoms with Crippen LogP contribution in [0.4, 0.5) is 0 Å². The monoisotopic (exact) mass is 208 g/mol. The molecule has 1 saturated heterocycles. The van der Waals surface area contributed by atoms with Crippen molar-refractivity contribution in [3.8, 4) is 0 Å². The summed E-state index contributed by atoms with van der Waals surface area (Å²) in [6, 6.07) is 0. The number of aromatic amines is 1. The van der Waals surface area contributed by atoms with Crippen LogP contribution in [0.25, 0.3) is 0 Å². The molecule has 1 N–H and O–H groups in total. The number of aromatic nitrogens is 3. The Bertz CT molecular complexity index is 352. The smallest absolute Gasteiger partial charge is 0.293 e. The standard InChI is InChI=1S/C10H16N4O/c1-7(2)8-11-9(13-12-8)10(15)14-5-3-4-6-14/h7H,3-6H2,1-2H3,(H,11,12,13). The summed E-state index contributed by atoms with van der Waals surface area (Å²) in [6.07, 6.45) is 2.18. The van der Waals surface area contributed by atoms with Crippen molar-refractivity contribution in [2.45, 2.75) is 32.6 Å². The Morgan fingerprint density at radius 2 is 2.07 bits per heavy atom. The molecule has 1 aromatic rings. The number of amides is 1. The molecule has 1 aliphatic heterocycles. The average Bonchev–Trinajstić information content (AvgIpc) is 2.88. The molecule has 0 bridgehead atoms. The first-order chi connectivity index (χ1) is 7.18. The van der Waals surface area contributed by atoms with E-state index in [9.17, 15) is 4.79 Å². The molecular formula is C10H16N4O. The van der Waals surface area contributed by atoms with Crippen LogP contribution < -0.4 is 0 Å². The molecule has 1 aromatic heterocycles. The van der Waals surface area contributed by atoms with E-state index in [1.54, 1.807) is 0 Å². The van der Waals surface area contributed by atoms with E-state index in [1.165, 1.54) is 0 Å². The Morgan fingerprint density at radius 1 is 1.40 bits per heavy atom. The van der Waals surface area contributed by atoms with Gasteiger partial charge >= 0.3 is 0 Å². The number of hydrogen-bond donors (Lipinski definition) is 1. The lowest BCUT2D eigenvalue weighted by Crippen LogP contribution is -2.28. The van der Waals surface area contributed by atoms with Gasteiger partial charge in [0.15, 0.2) is 0 Å². The largest absolute Gasteiger partial charge is 0.336 e. The van der Waals surface area contributed by atoms with E-state index in [1.807, 2.05) is 18.7 Å². The number of nitrogens with one attached hydrogen (secondary N) is 1. The van der Waals surface area contributed by atoms with E-state index in [0.717, 1.165) is 31.8 Å². The third-order valence-electron chi connectivity index (χ3n) is 2.63. The zero-order valence-electron chi connectivity index (χ0n) is 9.16. The molecule has 1 aliphatic rings. The second-order valence-corrected chi connectivity index (χ2v) is 4.20. The van der Waals surface area contributed by atoms with Crippen LogP contribution >= 0.6 is 0 Å². The lowest BCUT2D eigenvalue weighted by atomic mass is 10.2. The molecule has 15 heavy (non-hydrogen) atoms. The van der Waals surface area contributed by atoms with E-state index < -0.39 is 0 Å². The van der Waals surface area contributed by atoms with E-state index >= 15 is 0 Å². The van der Waals surface area contributed by atoms with Gasteiger partial charge in [-0.1, -0.05) is 13.8 Å². The number of rotatable bonds is 2. The van der Waals surface area contributed by atoms with Gasteiger partial charge in [0.25, 0.3) is 5.91 Å². The van der Waals surface area contributed by atoms with Crippen LogP contribution in [0.15, 0.2) is 0 Å². The normalized spacial score (nSPS) is 16.3. The highest BCUT2D eigenvalue weighted by Crippen LogP contribution is 2.12. The Kier molecular flexibility index (Phi) is 2.70. The molecule has 1 amide bonds. The Hall–Kier alpha value is -1.39. The summed E-state index contributed by atoms with van der Waals surface area (Å²) in [7, 11) is 0. The van der Waals surface area contributed by atoms with Crippen LogP contribution in [-0.4, -0.2) is 39.1 Å². The first-order valence-corrected chi connectivity index (χ1v) is 5.40. The van der Waals surface area contributed by atoms with Gasteiger partial charge in [-0.15, -0.1) is 5.10 Å². The van der Waals surface area contributed by atoms with Crippen molar-refractivity contribution >= 4 is 5.91 Å². The van der Waals surface area contributed by atoms with Gasteiger partial charge in [0.2, 0.25) is 5.82 Å². The average molecular weight is 208 g/mol. The summed E-state index contributed by atoms with van der Waals surface area (Å²) in [5, 5.41) is 6.76. The summed E-state index contributed by atoms with van der Waals surface area (Å²) in [5.41, 5.74) is 0. The van der Waals surface area contributed by atoms with E-state index in [-0.39, 0.29) is 11.8 Å². The van der Waals surface area contributed by atoms with Crippen LogP contribution in [0.1, 0.15) is 49.1 Å².